The van der Waals surface area contributed by atoms with Crippen LogP contribution in [0.3, 0.4) is 0 Å². The molecule has 1 heterocycles. The van der Waals surface area contributed by atoms with Gasteiger partial charge in [-0.2, -0.15) is 4.98 Å². The van der Waals surface area contributed by atoms with Crippen LogP contribution < -0.4 is 10.1 Å². The van der Waals surface area contributed by atoms with Crippen molar-refractivity contribution < 1.29 is 4.74 Å². The Morgan fingerprint density at radius 3 is 2.44 bits per heavy atom. The summed E-state index contributed by atoms with van der Waals surface area (Å²) in [5.41, 5.74) is 0.188. The number of hydrogen-bond acceptors (Lipinski definition) is 4. The SMILES string of the molecule is C#CC(C)(C)Oc1nc(C)nc(NC)c1C. The first-order valence-electron chi connectivity index (χ1n) is 5.09. The van der Waals surface area contributed by atoms with Gasteiger partial charge in [0.15, 0.2) is 5.60 Å². The standard InChI is InChI=1S/C12H17N3O/c1-7-12(4,5)16-11-8(2)10(13-6)14-9(3)15-11/h1H,2-6H3,(H,13,14,15). The zero-order chi connectivity index (χ0) is 12.3. The van der Waals surface area contributed by atoms with Gasteiger partial charge in [-0.15, -0.1) is 6.42 Å². The topological polar surface area (TPSA) is 47.0 Å². The minimum atomic E-state index is -0.670. The highest BCUT2D eigenvalue weighted by atomic mass is 16.5. The Bertz CT molecular complexity index is 433. The second-order valence-corrected chi connectivity index (χ2v) is 4.06. The summed E-state index contributed by atoms with van der Waals surface area (Å²) in [4.78, 5) is 8.50. The predicted molar refractivity (Wildman–Crippen MR) is 64.6 cm³/mol. The molecule has 0 saturated heterocycles. The summed E-state index contributed by atoms with van der Waals surface area (Å²) in [6.45, 7) is 7.36. The van der Waals surface area contributed by atoms with E-state index in [1.54, 1.807) is 0 Å². The van der Waals surface area contributed by atoms with Crippen molar-refractivity contribution in [3.05, 3.63) is 11.4 Å². The Morgan fingerprint density at radius 1 is 1.31 bits per heavy atom. The van der Waals surface area contributed by atoms with Crippen molar-refractivity contribution in [2.45, 2.75) is 33.3 Å². The summed E-state index contributed by atoms with van der Waals surface area (Å²) in [6.07, 6.45) is 5.38. The molecular weight excluding hydrogens is 202 g/mol. The lowest BCUT2D eigenvalue weighted by Crippen LogP contribution is -2.26. The van der Waals surface area contributed by atoms with E-state index in [0.29, 0.717) is 11.7 Å². The van der Waals surface area contributed by atoms with Crippen LogP contribution in [0.2, 0.25) is 0 Å². The number of aryl methyl sites for hydroxylation is 1. The molecule has 0 unspecified atom stereocenters. The first-order chi connectivity index (χ1) is 7.39. The average Bonchev–Trinajstić information content (AvgIpc) is 2.22. The van der Waals surface area contributed by atoms with Gasteiger partial charge in [0.25, 0.3) is 0 Å². The van der Waals surface area contributed by atoms with Crippen LogP contribution in [0.4, 0.5) is 5.82 Å². The molecule has 0 aliphatic rings. The van der Waals surface area contributed by atoms with E-state index >= 15 is 0 Å². The van der Waals surface area contributed by atoms with Crippen LogP contribution in [0, 0.1) is 26.2 Å². The quantitative estimate of drug-likeness (QED) is 0.789. The van der Waals surface area contributed by atoms with E-state index in [-0.39, 0.29) is 0 Å². The summed E-state index contributed by atoms with van der Waals surface area (Å²) in [5, 5.41) is 3.00. The van der Waals surface area contributed by atoms with Gasteiger partial charge in [-0.05, 0) is 27.7 Å². The van der Waals surface area contributed by atoms with E-state index < -0.39 is 5.60 Å². The Balaban J connectivity index is 3.15. The number of aromatic nitrogens is 2. The van der Waals surface area contributed by atoms with Crippen molar-refractivity contribution in [3.8, 4) is 18.2 Å². The zero-order valence-corrected chi connectivity index (χ0v) is 10.4. The number of hydrogen-bond donors (Lipinski definition) is 1. The molecule has 1 N–H and O–H groups in total. The van der Waals surface area contributed by atoms with Crippen LogP contribution in [0.15, 0.2) is 0 Å². The lowest BCUT2D eigenvalue weighted by molar-refractivity contribution is 0.163. The Morgan fingerprint density at radius 2 is 1.94 bits per heavy atom. The van der Waals surface area contributed by atoms with Gasteiger partial charge in [-0.25, -0.2) is 4.98 Å². The highest BCUT2D eigenvalue weighted by molar-refractivity contribution is 5.48. The maximum atomic E-state index is 5.68. The maximum absolute atomic E-state index is 5.68. The summed E-state index contributed by atoms with van der Waals surface area (Å²) < 4.78 is 5.68. The van der Waals surface area contributed by atoms with Gasteiger partial charge in [-0.1, -0.05) is 5.92 Å². The smallest absolute Gasteiger partial charge is 0.223 e. The van der Waals surface area contributed by atoms with Gasteiger partial charge in [0.1, 0.15) is 11.6 Å². The number of nitrogens with zero attached hydrogens (tertiary/aromatic N) is 2. The van der Waals surface area contributed by atoms with Gasteiger partial charge in [0.05, 0.1) is 5.56 Å². The first-order valence-corrected chi connectivity index (χ1v) is 5.09. The fourth-order valence-electron chi connectivity index (χ4n) is 1.22. The lowest BCUT2D eigenvalue weighted by Gasteiger charge is -2.21. The molecule has 4 heteroatoms. The normalized spacial score (nSPS) is 10.8. The Kier molecular flexibility index (Phi) is 3.38. The third-order valence-corrected chi connectivity index (χ3v) is 2.15. The molecule has 1 aromatic rings. The van der Waals surface area contributed by atoms with Crippen molar-refractivity contribution in [1.29, 1.82) is 0 Å². The minimum absolute atomic E-state index is 0.528. The fraction of sp³-hybridized carbons (Fsp3) is 0.500. The highest BCUT2D eigenvalue weighted by Crippen LogP contribution is 2.24. The molecule has 1 rings (SSSR count). The molecule has 0 saturated carbocycles. The van der Waals surface area contributed by atoms with Crippen LogP contribution >= 0.6 is 0 Å². The van der Waals surface area contributed by atoms with E-state index in [2.05, 4.69) is 21.2 Å². The molecule has 0 aliphatic carbocycles. The zero-order valence-electron chi connectivity index (χ0n) is 10.4. The average molecular weight is 219 g/mol. The third kappa shape index (κ3) is 2.63. The lowest BCUT2D eigenvalue weighted by atomic mass is 10.1. The molecule has 0 aliphatic heterocycles. The van der Waals surface area contributed by atoms with Gasteiger partial charge in [0, 0.05) is 7.05 Å². The Labute approximate surface area is 96.5 Å². The van der Waals surface area contributed by atoms with Crippen LogP contribution in [0.1, 0.15) is 25.2 Å². The molecule has 0 amide bonds. The summed E-state index contributed by atoms with van der Waals surface area (Å²) in [6, 6.07) is 0. The summed E-state index contributed by atoms with van der Waals surface area (Å²) in [7, 11) is 1.81. The number of ether oxygens (including phenoxy) is 1. The van der Waals surface area contributed by atoms with Gasteiger partial charge in [0.2, 0.25) is 5.88 Å². The van der Waals surface area contributed by atoms with E-state index in [1.165, 1.54) is 0 Å². The van der Waals surface area contributed by atoms with Crippen LogP contribution in [-0.2, 0) is 0 Å². The second-order valence-electron chi connectivity index (χ2n) is 4.06. The number of nitrogens with one attached hydrogen (secondary N) is 1. The van der Waals surface area contributed by atoms with Crippen LogP contribution in [-0.4, -0.2) is 22.6 Å². The molecule has 86 valence electrons. The molecule has 0 bridgehead atoms. The number of terminal acetylenes is 1. The molecule has 0 aromatic carbocycles. The van der Waals surface area contributed by atoms with Crippen molar-refractivity contribution >= 4 is 5.82 Å². The van der Waals surface area contributed by atoms with E-state index in [4.69, 9.17) is 11.2 Å². The van der Waals surface area contributed by atoms with E-state index in [1.807, 2.05) is 34.7 Å². The number of anilines is 1. The summed E-state index contributed by atoms with van der Waals surface area (Å²) >= 11 is 0. The third-order valence-electron chi connectivity index (χ3n) is 2.15. The maximum Gasteiger partial charge on any atom is 0.223 e. The van der Waals surface area contributed by atoms with Gasteiger partial charge < -0.3 is 10.1 Å². The Hall–Kier alpha value is -1.76. The van der Waals surface area contributed by atoms with Crippen molar-refractivity contribution in [2.75, 3.05) is 12.4 Å². The minimum Gasteiger partial charge on any atom is -0.458 e. The van der Waals surface area contributed by atoms with Gasteiger partial charge in [-0.3, -0.25) is 0 Å². The molecule has 0 radical (unpaired) electrons. The van der Waals surface area contributed by atoms with Crippen molar-refractivity contribution in [3.63, 3.8) is 0 Å². The molecule has 16 heavy (non-hydrogen) atoms. The summed E-state index contributed by atoms with van der Waals surface area (Å²) in [5.74, 6) is 4.51. The van der Waals surface area contributed by atoms with E-state index in [9.17, 15) is 0 Å². The van der Waals surface area contributed by atoms with Crippen LogP contribution in [0.25, 0.3) is 0 Å². The van der Waals surface area contributed by atoms with Gasteiger partial charge >= 0.3 is 0 Å². The van der Waals surface area contributed by atoms with Crippen molar-refractivity contribution in [2.24, 2.45) is 0 Å². The fourth-order valence-corrected chi connectivity index (χ4v) is 1.22. The van der Waals surface area contributed by atoms with Crippen molar-refractivity contribution in [1.82, 2.24) is 9.97 Å². The monoisotopic (exact) mass is 219 g/mol. The predicted octanol–water partition coefficient (Wildman–Crippen LogP) is 1.93. The number of rotatable bonds is 3. The second kappa shape index (κ2) is 4.40. The molecule has 0 spiro atoms. The molecule has 4 nitrogen and oxygen atoms in total. The largest absolute Gasteiger partial charge is 0.458 e. The van der Waals surface area contributed by atoms with Crippen LogP contribution in [0.5, 0.6) is 5.88 Å². The highest BCUT2D eigenvalue weighted by Gasteiger charge is 2.19. The molecule has 0 fully saturated rings. The first kappa shape index (κ1) is 12.3. The van der Waals surface area contributed by atoms with E-state index in [0.717, 1.165) is 11.4 Å². The molecule has 0 atom stereocenters. The molecule has 1 aromatic heterocycles. The molecular formula is C12H17N3O.